The van der Waals surface area contributed by atoms with Crippen molar-refractivity contribution >= 4 is 35.8 Å². The van der Waals surface area contributed by atoms with Gasteiger partial charge in [-0.1, -0.05) is 0 Å². The minimum atomic E-state index is -4.43. The normalized spacial score (nSPS) is 17.6. The van der Waals surface area contributed by atoms with Crippen molar-refractivity contribution in [1.29, 1.82) is 0 Å². The monoisotopic (exact) mass is 501 g/mol. The van der Waals surface area contributed by atoms with E-state index in [1.807, 2.05) is 6.92 Å². The lowest BCUT2D eigenvalue weighted by atomic mass is 10.1. The molecule has 1 unspecified atom stereocenters. The number of guanidine groups is 1. The average Bonchev–Trinajstić information content (AvgIpc) is 3.06. The van der Waals surface area contributed by atoms with Crippen LogP contribution in [0.1, 0.15) is 18.9 Å². The predicted octanol–water partition coefficient (Wildman–Crippen LogP) is 3.06. The van der Waals surface area contributed by atoms with E-state index in [0.717, 1.165) is 44.7 Å². The van der Waals surface area contributed by atoms with Gasteiger partial charge in [-0.2, -0.15) is 13.2 Å². The van der Waals surface area contributed by atoms with Crippen molar-refractivity contribution in [2.45, 2.75) is 19.5 Å². The molecule has 1 aromatic rings. The number of nitrogens with zero attached hydrogens (tertiary/aromatic N) is 3. The summed E-state index contributed by atoms with van der Waals surface area (Å²) in [6.07, 6.45) is -2.05. The van der Waals surface area contributed by atoms with Gasteiger partial charge in [-0.05, 0) is 25.5 Å². The number of methoxy groups -OCH3 is 1. The molecule has 6 nitrogen and oxygen atoms in total. The second-order valence-corrected chi connectivity index (χ2v) is 6.12. The number of nitrogens with one attached hydrogen (secondary N) is 2. The third-order valence-corrected chi connectivity index (χ3v) is 4.10. The minimum Gasteiger partial charge on any atom is -0.384 e. The highest BCUT2D eigenvalue weighted by Gasteiger charge is 2.34. The molecule has 1 aliphatic heterocycles. The van der Waals surface area contributed by atoms with E-state index in [4.69, 9.17) is 4.74 Å². The number of anilines is 1. The first kappa shape index (κ1) is 23.7. The van der Waals surface area contributed by atoms with Gasteiger partial charge < -0.3 is 20.3 Å². The highest BCUT2D eigenvalue weighted by atomic mass is 127. The van der Waals surface area contributed by atoms with Crippen molar-refractivity contribution in [2.75, 3.05) is 51.8 Å². The Morgan fingerprint density at radius 3 is 2.89 bits per heavy atom. The molecule has 1 fully saturated rings. The molecule has 1 aromatic heterocycles. The lowest BCUT2D eigenvalue weighted by Crippen LogP contribution is -2.40. The van der Waals surface area contributed by atoms with Gasteiger partial charge >= 0.3 is 6.18 Å². The predicted molar refractivity (Wildman–Crippen MR) is 111 cm³/mol. The van der Waals surface area contributed by atoms with Crippen LogP contribution in [0, 0.1) is 5.92 Å². The van der Waals surface area contributed by atoms with Gasteiger partial charge in [0.05, 0.1) is 18.7 Å². The first-order valence-electron chi connectivity index (χ1n) is 8.74. The van der Waals surface area contributed by atoms with E-state index < -0.39 is 11.7 Å². The first-order chi connectivity index (χ1) is 12.5. The molecule has 1 saturated heterocycles. The summed E-state index contributed by atoms with van der Waals surface area (Å²) in [7, 11) is 1.69. The summed E-state index contributed by atoms with van der Waals surface area (Å²) in [4.78, 5) is 10.5. The number of halogens is 4. The Bertz CT molecular complexity index is 600. The number of ether oxygens (including phenoxy) is 1. The van der Waals surface area contributed by atoms with Crippen LogP contribution in [-0.4, -0.2) is 62.3 Å². The molecule has 0 amide bonds. The molecule has 0 bridgehead atoms. The van der Waals surface area contributed by atoms with E-state index in [0.29, 0.717) is 12.5 Å². The molecule has 154 valence electrons. The molecule has 27 heavy (non-hydrogen) atoms. The van der Waals surface area contributed by atoms with Crippen LogP contribution < -0.4 is 10.6 Å². The van der Waals surface area contributed by atoms with E-state index in [1.165, 1.54) is 12.3 Å². The quantitative estimate of drug-likeness (QED) is 0.261. The van der Waals surface area contributed by atoms with Gasteiger partial charge in [0.2, 0.25) is 0 Å². The van der Waals surface area contributed by atoms with E-state index in [-0.39, 0.29) is 36.3 Å². The van der Waals surface area contributed by atoms with Crippen LogP contribution in [0.5, 0.6) is 0 Å². The summed E-state index contributed by atoms with van der Waals surface area (Å²) in [6, 6.07) is 2.29. The molecule has 1 aliphatic rings. The summed E-state index contributed by atoms with van der Waals surface area (Å²) in [5.74, 6) is 1.09. The van der Waals surface area contributed by atoms with Crippen molar-refractivity contribution in [3.05, 3.63) is 23.9 Å². The zero-order chi connectivity index (χ0) is 19.0. The van der Waals surface area contributed by atoms with Crippen LogP contribution in [0.2, 0.25) is 0 Å². The summed E-state index contributed by atoms with van der Waals surface area (Å²) in [6.45, 7) is 5.82. The van der Waals surface area contributed by atoms with Crippen molar-refractivity contribution in [2.24, 2.45) is 10.9 Å². The maximum atomic E-state index is 13.0. The number of hydrogen-bond donors (Lipinski definition) is 2. The van der Waals surface area contributed by atoms with Gasteiger partial charge in [-0.25, -0.2) is 4.98 Å². The van der Waals surface area contributed by atoms with Gasteiger partial charge in [0.15, 0.2) is 5.96 Å². The topological polar surface area (TPSA) is 61.8 Å². The highest BCUT2D eigenvalue weighted by molar-refractivity contribution is 14.0. The number of rotatable bonds is 7. The molecule has 0 radical (unpaired) electrons. The Morgan fingerprint density at radius 2 is 2.22 bits per heavy atom. The maximum Gasteiger partial charge on any atom is 0.419 e. The van der Waals surface area contributed by atoms with Crippen LogP contribution >= 0.6 is 24.0 Å². The Balaban J connectivity index is 0.00000364. The molecular weight excluding hydrogens is 474 g/mol. The smallest absolute Gasteiger partial charge is 0.384 e. The van der Waals surface area contributed by atoms with Gasteiger partial charge in [-0.3, -0.25) is 4.99 Å². The lowest BCUT2D eigenvalue weighted by molar-refractivity contribution is -0.137. The maximum absolute atomic E-state index is 13.0. The first-order valence-corrected chi connectivity index (χ1v) is 8.74. The molecular formula is C17H27F3IN5O. The van der Waals surface area contributed by atoms with Crippen molar-refractivity contribution in [3.63, 3.8) is 0 Å². The van der Waals surface area contributed by atoms with Gasteiger partial charge in [0.25, 0.3) is 0 Å². The van der Waals surface area contributed by atoms with E-state index in [1.54, 1.807) is 7.11 Å². The number of hydrogen-bond acceptors (Lipinski definition) is 4. The second kappa shape index (κ2) is 11.5. The molecule has 1 atom stereocenters. The molecule has 2 rings (SSSR count). The Morgan fingerprint density at radius 1 is 1.44 bits per heavy atom. The number of aliphatic imine (C=N–C) groups is 1. The van der Waals surface area contributed by atoms with Crippen molar-refractivity contribution < 1.29 is 17.9 Å². The Hall–Kier alpha value is -1.30. The van der Waals surface area contributed by atoms with Gasteiger partial charge in [-0.15, -0.1) is 24.0 Å². The number of alkyl halides is 3. The molecule has 0 aliphatic carbocycles. The fourth-order valence-corrected chi connectivity index (χ4v) is 2.93. The molecule has 0 aromatic carbocycles. The van der Waals surface area contributed by atoms with Crippen LogP contribution in [0.3, 0.4) is 0 Å². The fourth-order valence-electron chi connectivity index (χ4n) is 2.93. The summed E-state index contributed by atoms with van der Waals surface area (Å²) in [5.41, 5.74) is -0.766. The van der Waals surface area contributed by atoms with Crippen LogP contribution in [-0.2, 0) is 10.9 Å². The Kier molecular flexibility index (Phi) is 10.1. The standard InChI is InChI=1S/C17H26F3N5O.HI/c1-3-21-16(25-10-6-13(11-25)12-26-2)24-9-8-23-15-14(17(18,19)20)5-4-7-22-15;/h4-5,7,13H,3,6,8-12H2,1-2H3,(H,21,24)(H,22,23);1H. The summed E-state index contributed by atoms with van der Waals surface area (Å²) in [5, 5.41) is 5.97. The second-order valence-electron chi connectivity index (χ2n) is 6.12. The fraction of sp³-hybridized carbons (Fsp3) is 0.647. The molecule has 2 N–H and O–H groups in total. The van der Waals surface area contributed by atoms with Gasteiger partial charge in [0.1, 0.15) is 5.82 Å². The number of aromatic nitrogens is 1. The molecule has 2 heterocycles. The third kappa shape index (κ3) is 7.32. The van der Waals surface area contributed by atoms with Crippen LogP contribution in [0.25, 0.3) is 0 Å². The molecule has 0 spiro atoms. The largest absolute Gasteiger partial charge is 0.419 e. The van der Waals surface area contributed by atoms with Crippen LogP contribution in [0.4, 0.5) is 19.0 Å². The lowest BCUT2D eigenvalue weighted by Gasteiger charge is -2.21. The minimum absolute atomic E-state index is 0. The SMILES string of the molecule is CCNC(=NCCNc1ncccc1C(F)(F)F)N1CCC(COC)C1.I. The highest BCUT2D eigenvalue weighted by Crippen LogP contribution is 2.33. The zero-order valence-electron chi connectivity index (χ0n) is 15.6. The summed E-state index contributed by atoms with van der Waals surface area (Å²) < 4.78 is 44.1. The van der Waals surface area contributed by atoms with Gasteiger partial charge in [0, 0.05) is 45.4 Å². The summed E-state index contributed by atoms with van der Waals surface area (Å²) >= 11 is 0. The van der Waals surface area contributed by atoms with Crippen molar-refractivity contribution in [3.8, 4) is 0 Å². The average molecular weight is 501 g/mol. The van der Waals surface area contributed by atoms with E-state index in [2.05, 4.69) is 25.5 Å². The third-order valence-electron chi connectivity index (χ3n) is 4.10. The number of likely N-dealkylation sites (tertiary alicyclic amines) is 1. The molecule has 0 saturated carbocycles. The number of pyridine rings is 1. The van der Waals surface area contributed by atoms with Crippen molar-refractivity contribution in [1.82, 2.24) is 15.2 Å². The zero-order valence-corrected chi connectivity index (χ0v) is 17.9. The molecule has 10 heteroatoms. The van der Waals surface area contributed by atoms with Crippen LogP contribution in [0.15, 0.2) is 23.3 Å². The Labute approximate surface area is 175 Å². The van der Waals surface area contributed by atoms with E-state index >= 15 is 0 Å². The van der Waals surface area contributed by atoms with E-state index in [9.17, 15) is 13.2 Å².